The largest absolute Gasteiger partial charge is 0.497 e. The molecule has 29 heavy (non-hydrogen) atoms. The van der Waals surface area contributed by atoms with Gasteiger partial charge in [-0.3, -0.25) is 10.1 Å². The maximum absolute atomic E-state index is 12.3. The van der Waals surface area contributed by atoms with Gasteiger partial charge in [0.15, 0.2) is 6.29 Å². The molecule has 0 aliphatic carbocycles. The van der Waals surface area contributed by atoms with E-state index >= 15 is 0 Å². The predicted octanol–water partition coefficient (Wildman–Crippen LogP) is 3.65. The van der Waals surface area contributed by atoms with Crippen LogP contribution in [0.1, 0.15) is 22.8 Å². The van der Waals surface area contributed by atoms with Crippen LogP contribution in [0.15, 0.2) is 60.7 Å². The molecule has 0 spiro atoms. The van der Waals surface area contributed by atoms with Crippen LogP contribution in [0.3, 0.4) is 0 Å². The summed E-state index contributed by atoms with van der Waals surface area (Å²) in [5, 5.41) is 10.7. The second-order valence-electron chi connectivity index (χ2n) is 6.43. The molecule has 1 heterocycles. The number of nitro groups is 1. The van der Waals surface area contributed by atoms with E-state index in [1.54, 1.807) is 26.2 Å². The van der Waals surface area contributed by atoms with Gasteiger partial charge in [-0.15, -0.1) is 0 Å². The summed E-state index contributed by atoms with van der Waals surface area (Å²) >= 11 is 0. The van der Waals surface area contributed by atoms with Crippen molar-refractivity contribution in [2.24, 2.45) is 0 Å². The van der Waals surface area contributed by atoms with Crippen molar-refractivity contribution in [1.82, 2.24) is 0 Å². The lowest BCUT2D eigenvalue weighted by molar-refractivity contribution is -0.384. The molecule has 1 aliphatic rings. The van der Waals surface area contributed by atoms with Crippen LogP contribution in [0.5, 0.6) is 5.75 Å². The number of ether oxygens (including phenoxy) is 4. The first-order valence-corrected chi connectivity index (χ1v) is 9.00. The minimum Gasteiger partial charge on any atom is -0.497 e. The highest BCUT2D eigenvalue weighted by atomic mass is 16.7. The average molecular weight is 399 g/mol. The SMILES string of the molecule is COc1ccc(CO[C@H]2C=C[C@H](OC(=O)c3ccc([N+](=O)[O-])cc3)[C@H](C)O2)cc1. The van der Waals surface area contributed by atoms with E-state index in [-0.39, 0.29) is 11.3 Å². The molecule has 2 aromatic carbocycles. The van der Waals surface area contributed by atoms with Crippen molar-refractivity contribution >= 4 is 11.7 Å². The van der Waals surface area contributed by atoms with Crippen molar-refractivity contribution in [2.75, 3.05) is 7.11 Å². The summed E-state index contributed by atoms with van der Waals surface area (Å²) < 4.78 is 22.0. The first kappa shape index (κ1) is 20.5. The zero-order valence-electron chi connectivity index (χ0n) is 16.0. The molecule has 8 heteroatoms. The Morgan fingerprint density at radius 3 is 2.38 bits per heavy atom. The normalized spacial score (nSPS) is 20.8. The Morgan fingerprint density at radius 2 is 1.79 bits per heavy atom. The zero-order valence-corrected chi connectivity index (χ0v) is 16.0. The molecule has 0 saturated carbocycles. The van der Waals surface area contributed by atoms with Crippen LogP contribution >= 0.6 is 0 Å². The fourth-order valence-electron chi connectivity index (χ4n) is 2.73. The Balaban J connectivity index is 1.53. The predicted molar refractivity (Wildman–Crippen MR) is 104 cm³/mol. The zero-order chi connectivity index (χ0) is 20.8. The molecule has 0 aromatic heterocycles. The van der Waals surface area contributed by atoms with Gasteiger partial charge in [0.25, 0.3) is 5.69 Å². The fraction of sp³-hybridized carbons (Fsp3) is 0.286. The highest BCUT2D eigenvalue weighted by molar-refractivity contribution is 5.89. The molecule has 0 unspecified atom stereocenters. The van der Waals surface area contributed by atoms with Gasteiger partial charge in [-0.25, -0.2) is 4.79 Å². The number of rotatable bonds is 7. The molecule has 8 nitrogen and oxygen atoms in total. The number of non-ortho nitro benzene ring substituents is 1. The molecule has 2 aromatic rings. The molecule has 0 N–H and O–H groups in total. The minimum atomic E-state index is -0.585. The number of methoxy groups -OCH3 is 1. The van der Waals surface area contributed by atoms with Crippen molar-refractivity contribution in [3.63, 3.8) is 0 Å². The molecule has 152 valence electrons. The first-order valence-electron chi connectivity index (χ1n) is 9.00. The first-order chi connectivity index (χ1) is 14.0. The summed E-state index contributed by atoms with van der Waals surface area (Å²) in [5.74, 6) is 0.191. The minimum absolute atomic E-state index is 0.0901. The Bertz CT molecular complexity index is 877. The number of carbonyl (C=O) groups is 1. The number of nitrogens with zero attached hydrogens (tertiary/aromatic N) is 1. The van der Waals surface area contributed by atoms with E-state index in [0.717, 1.165) is 11.3 Å². The van der Waals surface area contributed by atoms with Crippen LogP contribution < -0.4 is 4.74 Å². The standard InChI is InChI=1S/C21H21NO7/c1-14-19(29-21(23)16-5-7-17(8-6-16)22(24)25)11-12-20(28-14)27-13-15-3-9-18(26-2)10-4-15/h3-12,14,19-20H,13H2,1-2H3/t14-,19-,20+/m0/s1. The highest BCUT2D eigenvalue weighted by Gasteiger charge is 2.27. The van der Waals surface area contributed by atoms with Crippen molar-refractivity contribution in [3.05, 3.63) is 81.9 Å². The summed E-state index contributed by atoms with van der Waals surface area (Å²) in [6.07, 6.45) is 1.86. The third kappa shape index (κ3) is 5.40. The Labute approximate surface area is 167 Å². The monoisotopic (exact) mass is 399 g/mol. The third-order valence-electron chi connectivity index (χ3n) is 4.40. The molecule has 0 saturated heterocycles. The molecule has 0 amide bonds. The van der Waals surface area contributed by atoms with Crippen molar-refractivity contribution in [2.45, 2.75) is 32.0 Å². The van der Waals surface area contributed by atoms with Crippen LogP contribution in [0.2, 0.25) is 0 Å². The van der Waals surface area contributed by atoms with E-state index in [2.05, 4.69) is 0 Å². The van der Waals surface area contributed by atoms with E-state index in [1.165, 1.54) is 24.3 Å². The fourth-order valence-corrected chi connectivity index (χ4v) is 2.73. The van der Waals surface area contributed by atoms with Gasteiger partial charge in [0.2, 0.25) is 0 Å². The van der Waals surface area contributed by atoms with Gasteiger partial charge in [-0.2, -0.15) is 0 Å². The lowest BCUT2D eigenvalue weighted by Gasteiger charge is -2.29. The molecule has 3 rings (SSSR count). The molecule has 0 fully saturated rings. The Morgan fingerprint density at radius 1 is 1.10 bits per heavy atom. The van der Waals surface area contributed by atoms with Gasteiger partial charge in [-0.05, 0) is 48.9 Å². The Kier molecular flexibility index (Phi) is 6.58. The summed E-state index contributed by atoms with van der Waals surface area (Å²) in [4.78, 5) is 22.4. The van der Waals surface area contributed by atoms with Crippen molar-refractivity contribution < 1.29 is 28.7 Å². The number of nitro benzene ring substituents is 1. The second-order valence-corrected chi connectivity index (χ2v) is 6.43. The Hall–Kier alpha value is -3.23. The quantitative estimate of drug-likeness (QED) is 0.303. The summed E-state index contributed by atoms with van der Waals surface area (Å²) in [6.45, 7) is 2.14. The number of carbonyl (C=O) groups excluding carboxylic acids is 1. The van der Waals surface area contributed by atoms with Crippen molar-refractivity contribution in [3.8, 4) is 5.75 Å². The molecular weight excluding hydrogens is 378 g/mol. The van der Waals surface area contributed by atoms with Crippen LogP contribution in [0.25, 0.3) is 0 Å². The maximum Gasteiger partial charge on any atom is 0.338 e. The summed E-state index contributed by atoms with van der Waals surface area (Å²) in [5.41, 5.74) is 1.11. The summed E-state index contributed by atoms with van der Waals surface area (Å²) in [6, 6.07) is 12.8. The van der Waals surface area contributed by atoms with Gasteiger partial charge in [-0.1, -0.05) is 12.1 Å². The van der Waals surface area contributed by atoms with Crippen LogP contribution in [0.4, 0.5) is 5.69 Å². The van der Waals surface area contributed by atoms with E-state index < -0.39 is 29.4 Å². The van der Waals surface area contributed by atoms with Crippen LogP contribution in [0, 0.1) is 10.1 Å². The smallest absolute Gasteiger partial charge is 0.338 e. The van der Waals surface area contributed by atoms with E-state index in [1.807, 2.05) is 24.3 Å². The molecule has 3 atom stereocenters. The molecule has 0 radical (unpaired) electrons. The average Bonchev–Trinajstić information content (AvgIpc) is 2.74. The van der Waals surface area contributed by atoms with E-state index in [0.29, 0.717) is 6.61 Å². The van der Waals surface area contributed by atoms with Crippen molar-refractivity contribution in [1.29, 1.82) is 0 Å². The molecule has 0 bridgehead atoms. The third-order valence-corrected chi connectivity index (χ3v) is 4.40. The van der Waals surface area contributed by atoms with E-state index in [4.69, 9.17) is 18.9 Å². The van der Waals surface area contributed by atoms with Crippen LogP contribution in [-0.2, 0) is 20.8 Å². The van der Waals surface area contributed by atoms with Gasteiger partial charge in [0.05, 0.1) is 30.3 Å². The molecular formula is C21H21NO7. The molecule has 1 aliphatic heterocycles. The number of benzene rings is 2. The van der Waals surface area contributed by atoms with Gasteiger partial charge >= 0.3 is 5.97 Å². The van der Waals surface area contributed by atoms with Gasteiger partial charge in [0.1, 0.15) is 11.9 Å². The van der Waals surface area contributed by atoms with Gasteiger partial charge in [0, 0.05) is 12.1 Å². The topological polar surface area (TPSA) is 97.1 Å². The lowest BCUT2D eigenvalue weighted by Crippen LogP contribution is -2.37. The van der Waals surface area contributed by atoms with Gasteiger partial charge < -0.3 is 18.9 Å². The maximum atomic E-state index is 12.3. The lowest BCUT2D eigenvalue weighted by atomic mass is 10.1. The second kappa shape index (κ2) is 9.31. The number of hydrogen-bond acceptors (Lipinski definition) is 7. The number of hydrogen-bond donors (Lipinski definition) is 0. The van der Waals surface area contributed by atoms with E-state index in [9.17, 15) is 14.9 Å². The number of esters is 1. The summed E-state index contributed by atoms with van der Waals surface area (Å²) in [7, 11) is 1.61. The van der Waals surface area contributed by atoms with Crippen LogP contribution in [-0.4, -0.2) is 36.5 Å². The highest BCUT2D eigenvalue weighted by Crippen LogP contribution is 2.20.